The van der Waals surface area contributed by atoms with E-state index in [0.717, 1.165) is 11.1 Å². The topological polar surface area (TPSA) is 99.0 Å². The van der Waals surface area contributed by atoms with Gasteiger partial charge in [0.25, 0.3) is 10.0 Å². The van der Waals surface area contributed by atoms with Crippen LogP contribution in [0.4, 0.5) is 5.69 Å². The van der Waals surface area contributed by atoms with Crippen LogP contribution in [-0.4, -0.2) is 28.4 Å². The first-order valence-electron chi connectivity index (χ1n) is 10.1. The molecule has 5 rings (SSSR count). The highest BCUT2D eigenvalue weighted by Crippen LogP contribution is 2.26. The fraction of sp³-hybridized carbons (Fsp3) is 0.0417. The largest absolute Gasteiger partial charge is 0.438 e. The van der Waals surface area contributed by atoms with Gasteiger partial charge in [-0.25, -0.2) is 13.1 Å². The van der Waals surface area contributed by atoms with Gasteiger partial charge in [0, 0.05) is 23.3 Å². The fourth-order valence-corrected chi connectivity index (χ4v) is 4.67. The summed E-state index contributed by atoms with van der Waals surface area (Å²) in [5, 5.41) is 14.0. The molecule has 0 aliphatic heterocycles. The summed E-state index contributed by atoms with van der Waals surface area (Å²) >= 11 is 0. The molecule has 8 nitrogen and oxygen atoms in total. The second kappa shape index (κ2) is 8.36. The smallest absolute Gasteiger partial charge is 0.262 e. The summed E-state index contributed by atoms with van der Waals surface area (Å²) in [5.74, 6) is 1.39. The molecule has 3 aromatic carbocycles. The summed E-state index contributed by atoms with van der Waals surface area (Å²) in [7, 11) is -3.76. The number of nitrogens with one attached hydrogen (secondary N) is 1. The first kappa shape index (κ1) is 20.7. The minimum absolute atomic E-state index is 0.226. The zero-order chi connectivity index (χ0) is 22.8. The van der Waals surface area contributed by atoms with Gasteiger partial charge < -0.3 is 4.74 Å². The molecule has 0 spiro atoms. The summed E-state index contributed by atoms with van der Waals surface area (Å²) in [6.07, 6.45) is 1.80. The van der Waals surface area contributed by atoms with Crippen LogP contribution in [0.15, 0.2) is 96.0 Å². The SMILES string of the molecule is Cc1ccn(-c2ccc(Oc3ccc(NS(=O)(=O)c4cccc5ccccc45)cc3)nn2)n1. The van der Waals surface area contributed by atoms with Gasteiger partial charge in [0.2, 0.25) is 5.88 Å². The highest BCUT2D eigenvalue weighted by Gasteiger charge is 2.17. The first-order valence-corrected chi connectivity index (χ1v) is 11.6. The van der Waals surface area contributed by atoms with Crippen molar-refractivity contribution in [2.24, 2.45) is 0 Å². The first-order chi connectivity index (χ1) is 16.0. The van der Waals surface area contributed by atoms with E-state index in [1.807, 2.05) is 37.3 Å². The summed E-state index contributed by atoms with van der Waals surface area (Å²) < 4.78 is 35.9. The molecule has 0 radical (unpaired) electrons. The number of ether oxygens (including phenoxy) is 1. The van der Waals surface area contributed by atoms with Crippen molar-refractivity contribution in [2.45, 2.75) is 11.8 Å². The molecule has 2 aromatic heterocycles. The molecule has 0 atom stereocenters. The van der Waals surface area contributed by atoms with Gasteiger partial charge in [-0.15, -0.1) is 10.2 Å². The molecule has 0 amide bonds. The van der Waals surface area contributed by atoms with Gasteiger partial charge in [-0.2, -0.15) is 5.10 Å². The van der Waals surface area contributed by atoms with Gasteiger partial charge in [0.05, 0.1) is 10.6 Å². The lowest BCUT2D eigenvalue weighted by atomic mass is 10.1. The van der Waals surface area contributed by atoms with Crippen LogP contribution in [0, 0.1) is 6.92 Å². The average molecular weight is 458 g/mol. The van der Waals surface area contributed by atoms with E-state index in [0.29, 0.717) is 28.5 Å². The van der Waals surface area contributed by atoms with Gasteiger partial charge >= 0.3 is 0 Å². The second-order valence-corrected chi connectivity index (χ2v) is 8.99. The summed E-state index contributed by atoms with van der Waals surface area (Å²) in [5.41, 5.74) is 1.30. The zero-order valence-corrected chi connectivity index (χ0v) is 18.4. The number of hydrogen-bond donors (Lipinski definition) is 1. The lowest BCUT2D eigenvalue weighted by Gasteiger charge is -2.11. The molecule has 33 heavy (non-hydrogen) atoms. The average Bonchev–Trinajstić information content (AvgIpc) is 3.26. The Bertz CT molecular complexity index is 1520. The Labute approximate surface area is 190 Å². The van der Waals surface area contributed by atoms with Crippen molar-refractivity contribution < 1.29 is 13.2 Å². The summed E-state index contributed by atoms with van der Waals surface area (Å²) in [6, 6.07) is 24.5. The van der Waals surface area contributed by atoms with E-state index in [1.165, 1.54) is 0 Å². The predicted molar refractivity (Wildman–Crippen MR) is 125 cm³/mol. The van der Waals surface area contributed by atoms with E-state index in [9.17, 15) is 8.42 Å². The maximum Gasteiger partial charge on any atom is 0.262 e. The molecule has 0 saturated heterocycles. The van der Waals surface area contributed by atoms with Crippen LogP contribution in [-0.2, 0) is 10.0 Å². The highest BCUT2D eigenvalue weighted by atomic mass is 32.2. The number of benzene rings is 3. The van der Waals surface area contributed by atoms with Crippen molar-refractivity contribution in [3.05, 3.63) is 96.8 Å². The molecule has 0 aliphatic rings. The zero-order valence-electron chi connectivity index (χ0n) is 17.6. The molecule has 0 saturated carbocycles. The molecule has 164 valence electrons. The van der Waals surface area contributed by atoms with E-state index in [2.05, 4.69) is 20.0 Å². The Hall–Kier alpha value is -4.24. The van der Waals surface area contributed by atoms with Gasteiger partial charge in [0.15, 0.2) is 5.82 Å². The second-order valence-electron chi connectivity index (χ2n) is 7.34. The number of sulfonamides is 1. The van der Waals surface area contributed by atoms with Crippen molar-refractivity contribution in [3.8, 4) is 17.4 Å². The quantitative estimate of drug-likeness (QED) is 0.396. The van der Waals surface area contributed by atoms with E-state index in [1.54, 1.807) is 65.5 Å². The number of hydrogen-bond acceptors (Lipinski definition) is 6. The standard InChI is InChI=1S/C24H19N5O3S/c1-17-15-16-29(27-17)23-13-14-24(26-25-23)32-20-11-9-19(10-12-20)28-33(30,31)22-8-4-6-18-5-2-3-7-21(18)22/h2-16,28H,1H3. The van der Waals surface area contributed by atoms with Crippen LogP contribution in [0.1, 0.15) is 5.69 Å². The summed E-state index contributed by atoms with van der Waals surface area (Å²) in [6.45, 7) is 1.90. The van der Waals surface area contributed by atoms with Gasteiger partial charge in [0.1, 0.15) is 5.75 Å². The maximum atomic E-state index is 13.0. The maximum absolute atomic E-state index is 13.0. The van der Waals surface area contributed by atoms with Crippen LogP contribution in [0.2, 0.25) is 0 Å². The van der Waals surface area contributed by atoms with E-state index >= 15 is 0 Å². The van der Waals surface area contributed by atoms with Crippen LogP contribution in [0.5, 0.6) is 11.6 Å². The fourth-order valence-electron chi connectivity index (χ4n) is 3.38. The Kier molecular flexibility index (Phi) is 5.23. The molecule has 0 unspecified atom stereocenters. The van der Waals surface area contributed by atoms with Crippen molar-refractivity contribution in [1.82, 2.24) is 20.0 Å². The Balaban J connectivity index is 1.30. The van der Waals surface area contributed by atoms with Gasteiger partial charge in [-0.3, -0.25) is 4.72 Å². The van der Waals surface area contributed by atoms with Crippen molar-refractivity contribution >= 4 is 26.5 Å². The third-order valence-electron chi connectivity index (χ3n) is 4.95. The molecule has 9 heteroatoms. The van der Waals surface area contributed by atoms with Crippen molar-refractivity contribution in [3.63, 3.8) is 0 Å². The number of aryl methyl sites for hydroxylation is 1. The molecular formula is C24H19N5O3S. The lowest BCUT2D eigenvalue weighted by Crippen LogP contribution is -2.13. The monoisotopic (exact) mass is 457 g/mol. The number of rotatable bonds is 6. The van der Waals surface area contributed by atoms with Crippen molar-refractivity contribution in [1.29, 1.82) is 0 Å². The van der Waals surface area contributed by atoms with E-state index < -0.39 is 10.0 Å². The van der Waals surface area contributed by atoms with Gasteiger partial charge in [-0.05, 0) is 54.8 Å². The van der Waals surface area contributed by atoms with Gasteiger partial charge in [-0.1, -0.05) is 36.4 Å². The number of aromatic nitrogens is 4. The predicted octanol–water partition coefficient (Wildman–Crippen LogP) is 4.72. The molecule has 0 bridgehead atoms. The van der Waals surface area contributed by atoms with Crippen LogP contribution >= 0.6 is 0 Å². The third kappa shape index (κ3) is 4.39. The Morgan fingerprint density at radius 3 is 2.36 bits per heavy atom. The lowest BCUT2D eigenvalue weighted by molar-refractivity contribution is 0.454. The van der Waals surface area contributed by atoms with Crippen LogP contribution < -0.4 is 9.46 Å². The Morgan fingerprint density at radius 1 is 0.848 bits per heavy atom. The van der Waals surface area contributed by atoms with E-state index in [4.69, 9.17) is 4.74 Å². The number of nitrogens with zero attached hydrogens (tertiary/aromatic N) is 4. The molecule has 1 N–H and O–H groups in total. The molecule has 0 aliphatic carbocycles. The molecule has 0 fully saturated rings. The minimum atomic E-state index is -3.76. The third-order valence-corrected chi connectivity index (χ3v) is 6.39. The Morgan fingerprint density at radius 2 is 1.64 bits per heavy atom. The number of fused-ring (bicyclic) bond motifs is 1. The highest BCUT2D eigenvalue weighted by molar-refractivity contribution is 7.93. The van der Waals surface area contributed by atoms with Crippen LogP contribution in [0.25, 0.3) is 16.6 Å². The normalized spacial score (nSPS) is 11.4. The molecule has 5 aromatic rings. The summed E-state index contributed by atoms with van der Waals surface area (Å²) in [4.78, 5) is 0.226. The van der Waals surface area contributed by atoms with Crippen molar-refractivity contribution in [2.75, 3.05) is 4.72 Å². The minimum Gasteiger partial charge on any atom is -0.438 e. The number of anilines is 1. The van der Waals surface area contributed by atoms with E-state index in [-0.39, 0.29) is 4.90 Å². The molecular weight excluding hydrogens is 438 g/mol. The molecule has 2 heterocycles. The van der Waals surface area contributed by atoms with Crippen LogP contribution in [0.3, 0.4) is 0 Å².